The Balaban J connectivity index is 0.000000131. The van der Waals surface area contributed by atoms with E-state index in [2.05, 4.69) is 40.5 Å². The normalized spacial score (nSPS) is 13.3. The lowest BCUT2D eigenvalue weighted by atomic mass is 10.4. The van der Waals surface area contributed by atoms with Gasteiger partial charge in [0.05, 0.1) is 18.7 Å². The molecule has 0 atom stereocenters. The van der Waals surface area contributed by atoms with Gasteiger partial charge >= 0.3 is 0 Å². The van der Waals surface area contributed by atoms with Gasteiger partial charge in [-0.1, -0.05) is 11.6 Å². The van der Waals surface area contributed by atoms with Crippen LogP contribution < -0.4 is 10.6 Å². The van der Waals surface area contributed by atoms with Gasteiger partial charge in [-0.15, -0.1) is 0 Å². The second-order valence-corrected chi connectivity index (χ2v) is 5.07. The van der Waals surface area contributed by atoms with Crippen molar-refractivity contribution in [2.75, 3.05) is 12.0 Å². The summed E-state index contributed by atoms with van der Waals surface area (Å²) in [5, 5.41) is 6.71. The van der Waals surface area contributed by atoms with Crippen LogP contribution in [0.2, 0.25) is 15.7 Å². The van der Waals surface area contributed by atoms with Gasteiger partial charge < -0.3 is 15.3 Å². The first-order valence-corrected chi connectivity index (χ1v) is 6.98. The van der Waals surface area contributed by atoms with E-state index in [1.807, 2.05) is 0 Å². The van der Waals surface area contributed by atoms with Crippen LogP contribution in [0.25, 0.3) is 11.2 Å². The molecule has 4 rings (SSSR count). The van der Waals surface area contributed by atoms with Gasteiger partial charge in [0.1, 0.15) is 11.3 Å². The van der Waals surface area contributed by atoms with Crippen molar-refractivity contribution in [1.82, 2.24) is 35.2 Å². The Bertz CT molecular complexity index is 746. The lowest BCUT2D eigenvalue weighted by Crippen LogP contribution is -2.27. The molecule has 0 unspecified atom stereocenters. The van der Waals surface area contributed by atoms with Gasteiger partial charge in [0.2, 0.25) is 10.6 Å². The highest BCUT2D eigenvalue weighted by Crippen LogP contribution is 2.21. The number of nitrogens with zero attached hydrogens (tertiary/aromatic N) is 4. The van der Waals surface area contributed by atoms with Crippen molar-refractivity contribution in [3.63, 3.8) is 0 Å². The van der Waals surface area contributed by atoms with Gasteiger partial charge in [-0.05, 0) is 23.2 Å². The molecule has 0 saturated carbocycles. The number of fused-ring (bicyclic) bond motifs is 2. The Morgan fingerprint density at radius 3 is 2.76 bits per heavy atom. The van der Waals surface area contributed by atoms with E-state index in [9.17, 15) is 0 Å². The number of anilines is 1. The molecule has 8 nitrogen and oxygen atoms in total. The van der Waals surface area contributed by atoms with Gasteiger partial charge in [-0.2, -0.15) is 9.97 Å². The fourth-order valence-corrected chi connectivity index (χ4v) is 2.35. The maximum absolute atomic E-state index is 5.71. The lowest BCUT2D eigenvalue weighted by Gasteiger charge is -2.12. The summed E-state index contributed by atoms with van der Waals surface area (Å²) in [4.78, 5) is 21.1. The van der Waals surface area contributed by atoms with Crippen LogP contribution in [0.5, 0.6) is 0 Å². The first kappa shape index (κ1) is 14.3. The summed E-state index contributed by atoms with van der Waals surface area (Å²) in [6, 6.07) is 0. The Labute approximate surface area is 133 Å². The number of nitrogens with one attached hydrogen (secondary N) is 4. The van der Waals surface area contributed by atoms with Crippen LogP contribution in [0.4, 0.5) is 5.82 Å². The molecule has 0 bridgehead atoms. The molecule has 4 heterocycles. The van der Waals surface area contributed by atoms with E-state index in [1.54, 1.807) is 6.33 Å². The van der Waals surface area contributed by atoms with Gasteiger partial charge in [0.15, 0.2) is 10.8 Å². The van der Waals surface area contributed by atoms with Crippen LogP contribution in [0, 0.1) is 0 Å². The third-order valence-electron chi connectivity index (χ3n) is 2.65. The molecule has 0 spiro atoms. The molecule has 4 N–H and O–H groups in total. The fraction of sp³-hybridized carbons (Fsp3) is 0.200. The summed E-state index contributed by atoms with van der Waals surface area (Å²) < 4.78 is 0. The first-order chi connectivity index (χ1) is 10.1. The fourth-order valence-electron chi connectivity index (χ4n) is 1.75. The van der Waals surface area contributed by atoms with Crippen LogP contribution in [-0.2, 0) is 6.54 Å². The number of aromatic amines is 2. The van der Waals surface area contributed by atoms with Gasteiger partial charge in [-0.3, -0.25) is 5.32 Å². The molecule has 110 valence electrons. The van der Waals surface area contributed by atoms with Crippen molar-refractivity contribution in [2.24, 2.45) is 0 Å². The zero-order chi connectivity index (χ0) is 14.8. The van der Waals surface area contributed by atoms with E-state index in [1.165, 1.54) is 0 Å². The Kier molecular flexibility index (Phi) is 4.11. The number of rotatable bonds is 0. The van der Waals surface area contributed by atoms with E-state index in [0.717, 1.165) is 24.7 Å². The molecule has 11 heteroatoms. The maximum Gasteiger partial charge on any atom is 0.225 e. The Morgan fingerprint density at radius 2 is 1.95 bits per heavy atom. The number of aromatic nitrogens is 6. The van der Waals surface area contributed by atoms with Crippen LogP contribution >= 0.6 is 34.8 Å². The number of imidazole rings is 2. The first-order valence-electron chi connectivity index (χ1n) is 5.84. The smallest absolute Gasteiger partial charge is 0.225 e. The Hall–Kier alpha value is -1.61. The highest BCUT2D eigenvalue weighted by molar-refractivity contribution is 6.36. The summed E-state index contributed by atoms with van der Waals surface area (Å²) >= 11 is 16.8. The largest absolute Gasteiger partial charge is 0.356 e. The number of halogens is 3. The minimum atomic E-state index is 0.0515. The molecule has 0 aromatic carbocycles. The van der Waals surface area contributed by atoms with Crippen molar-refractivity contribution in [2.45, 2.75) is 6.54 Å². The van der Waals surface area contributed by atoms with Crippen LogP contribution in [0.15, 0.2) is 6.33 Å². The van der Waals surface area contributed by atoms with Gasteiger partial charge in [0.25, 0.3) is 0 Å². The third kappa shape index (κ3) is 3.18. The molecular weight excluding hydrogens is 339 g/mol. The summed E-state index contributed by atoms with van der Waals surface area (Å²) in [7, 11) is 0. The number of hydrogen-bond acceptors (Lipinski definition) is 6. The maximum atomic E-state index is 5.71. The monoisotopic (exact) mass is 346 g/mol. The molecule has 1 aliphatic heterocycles. The molecule has 1 aliphatic rings. The summed E-state index contributed by atoms with van der Waals surface area (Å²) in [6.45, 7) is 1.71. The molecule has 3 aromatic rings. The Morgan fingerprint density at radius 1 is 1.10 bits per heavy atom. The predicted octanol–water partition coefficient (Wildman–Crippen LogP) is 2.20. The minimum absolute atomic E-state index is 0.0515. The van der Waals surface area contributed by atoms with Gasteiger partial charge in [0, 0.05) is 6.54 Å². The van der Waals surface area contributed by atoms with E-state index >= 15 is 0 Å². The molecule has 0 radical (unpaired) electrons. The summed E-state index contributed by atoms with van der Waals surface area (Å²) in [5.74, 6) is 0.980. The van der Waals surface area contributed by atoms with E-state index in [4.69, 9.17) is 34.8 Å². The average molecular weight is 348 g/mol. The quantitative estimate of drug-likeness (QED) is 0.282. The molecule has 0 fully saturated rings. The second kappa shape index (κ2) is 6.02. The van der Waals surface area contributed by atoms with Crippen molar-refractivity contribution < 1.29 is 0 Å². The van der Waals surface area contributed by atoms with Crippen molar-refractivity contribution in [3.8, 4) is 0 Å². The second-order valence-electron chi connectivity index (χ2n) is 4.02. The molecular formula is C10H9Cl3N8. The molecule has 3 aromatic heterocycles. The lowest BCUT2D eigenvalue weighted by molar-refractivity contribution is 0.694. The zero-order valence-corrected chi connectivity index (χ0v) is 12.7. The van der Waals surface area contributed by atoms with Crippen LogP contribution in [0.1, 0.15) is 5.69 Å². The topological polar surface area (TPSA) is 107 Å². The molecule has 0 amide bonds. The van der Waals surface area contributed by atoms with Crippen LogP contribution in [0.3, 0.4) is 0 Å². The number of hydrogen-bond donors (Lipinski definition) is 4. The summed E-state index contributed by atoms with van der Waals surface area (Å²) in [5.41, 5.74) is 2.00. The average Bonchev–Trinajstić information content (AvgIpc) is 3.05. The summed E-state index contributed by atoms with van der Waals surface area (Å²) in [6.07, 6.45) is 1.70. The number of H-pyrrole nitrogens is 2. The zero-order valence-electron chi connectivity index (χ0n) is 10.4. The highest BCUT2D eigenvalue weighted by Gasteiger charge is 2.08. The van der Waals surface area contributed by atoms with Crippen LogP contribution in [-0.4, -0.2) is 36.6 Å². The van der Waals surface area contributed by atoms with E-state index in [-0.39, 0.29) is 15.7 Å². The van der Waals surface area contributed by atoms with Crippen molar-refractivity contribution in [3.05, 3.63) is 27.7 Å². The van der Waals surface area contributed by atoms with Gasteiger partial charge in [-0.25, -0.2) is 9.97 Å². The molecule has 0 aliphatic carbocycles. The molecule has 0 saturated heterocycles. The predicted molar refractivity (Wildman–Crippen MR) is 80.6 cm³/mol. The standard InChI is InChI=1S/C5HCl3N4.C5H8N4/c6-2-1-3(11-4(7)9-1)12-5(8)10-2;1-4-5(8-2-6-1)9-3-7-4/h(H,9,10,11,12);3,6,8H,1-2H2,(H,7,9). The van der Waals surface area contributed by atoms with Crippen molar-refractivity contribution >= 4 is 51.8 Å². The SMILES string of the molecule is Clc1nc(Cl)c2[nH]c(Cl)nc2n1.c1nc2c([nH]1)CNCN2. The highest BCUT2D eigenvalue weighted by atomic mass is 35.5. The van der Waals surface area contributed by atoms with Crippen molar-refractivity contribution in [1.29, 1.82) is 0 Å². The minimum Gasteiger partial charge on any atom is -0.356 e. The molecule has 21 heavy (non-hydrogen) atoms. The third-order valence-corrected chi connectivity index (χ3v) is 3.27. The van der Waals surface area contributed by atoms with E-state index < -0.39 is 0 Å². The van der Waals surface area contributed by atoms with E-state index in [0.29, 0.717) is 11.2 Å².